The number of amides is 2. The molecule has 0 unspecified atom stereocenters. The van der Waals surface area contributed by atoms with Gasteiger partial charge in [0.05, 0.1) is 13.1 Å². The van der Waals surface area contributed by atoms with Crippen LogP contribution in [0.5, 0.6) is 0 Å². The summed E-state index contributed by atoms with van der Waals surface area (Å²) in [4.78, 5) is 28.1. The minimum atomic E-state index is -0.345. The summed E-state index contributed by atoms with van der Waals surface area (Å²) in [5.74, 6) is -0.665. The summed E-state index contributed by atoms with van der Waals surface area (Å²) in [7, 11) is 1.72. The van der Waals surface area contributed by atoms with Crippen LogP contribution in [0, 0.1) is 19.7 Å². The molecule has 0 radical (unpaired) electrons. The average Bonchev–Trinajstić information content (AvgIpc) is 2.60. The number of para-hydroxylation sites is 1. The molecule has 2 aromatic rings. The van der Waals surface area contributed by atoms with Gasteiger partial charge >= 0.3 is 0 Å². The van der Waals surface area contributed by atoms with E-state index in [9.17, 15) is 14.0 Å². The van der Waals surface area contributed by atoms with Gasteiger partial charge in [0, 0.05) is 17.9 Å². The molecule has 0 spiro atoms. The molecule has 0 saturated heterocycles. The van der Waals surface area contributed by atoms with E-state index in [1.54, 1.807) is 29.0 Å². The zero-order valence-electron chi connectivity index (χ0n) is 16.3. The third kappa shape index (κ3) is 5.62. The largest absolute Gasteiger partial charge is 0.324 e. The van der Waals surface area contributed by atoms with Gasteiger partial charge in [-0.05, 0) is 63.2 Å². The van der Waals surface area contributed by atoms with Gasteiger partial charge < -0.3 is 10.2 Å². The van der Waals surface area contributed by atoms with Crippen LogP contribution in [0.25, 0.3) is 0 Å². The van der Waals surface area contributed by atoms with Crippen molar-refractivity contribution in [2.45, 2.75) is 20.8 Å². The van der Waals surface area contributed by atoms with Gasteiger partial charge in [0.1, 0.15) is 5.82 Å². The van der Waals surface area contributed by atoms with Crippen molar-refractivity contribution >= 4 is 23.2 Å². The molecule has 1 N–H and O–H groups in total. The lowest BCUT2D eigenvalue weighted by Gasteiger charge is -2.24. The maximum Gasteiger partial charge on any atom is 0.241 e. The second kappa shape index (κ2) is 9.28. The summed E-state index contributed by atoms with van der Waals surface area (Å²) in [6.45, 7) is 6.39. The first-order valence-corrected chi connectivity index (χ1v) is 8.92. The van der Waals surface area contributed by atoms with E-state index in [0.29, 0.717) is 12.2 Å². The molecule has 2 rings (SSSR count). The molecule has 5 nitrogen and oxygen atoms in total. The molecule has 2 amide bonds. The highest BCUT2D eigenvalue weighted by Gasteiger charge is 2.18. The third-order valence-electron chi connectivity index (χ3n) is 4.32. The number of hydrogen-bond donors (Lipinski definition) is 1. The lowest BCUT2D eigenvalue weighted by Crippen LogP contribution is -2.41. The number of aryl methyl sites for hydroxylation is 2. The van der Waals surface area contributed by atoms with Crippen molar-refractivity contribution < 1.29 is 14.0 Å². The summed E-state index contributed by atoms with van der Waals surface area (Å²) in [6.07, 6.45) is 0. The highest BCUT2D eigenvalue weighted by molar-refractivity contribution is 5.96. The lowest BCUT2D eigenvalue weighted by molar-refractivity contribution is -0.121. The van der Waals surface area contributed by atoms with E-state index in [-0.39, 0.29) is 30.7 Å². The van der Waals surface area contributed by atoms with E-state index in [1.165, 1.54) is 12.1 Å². The van der Waals surface area contributed by atoms with E-state index < -0.39 is 0 Å². The van der Waals surface area contributed by atoms with Crippen LogP contribution in [-0.2, 0) is 9.59 Å². The fourth-order valence-electron chi connectivity index (χ4n) is 2.93. The molecule has 0 saturated carbocycles. The molecule has 0 aliphatic rings. The number of hydrogen-bond acceptors (Lipinski definition) is 3. The van der Waals surface area contributed by atoms with Crippen LogP contribution in [0.4, 0.5) is 15.8 Å². The number of benzene rings is 2. The molecule has 0 fully saturated rings. The predicted octanol–water partition coefficient (Wildman–Crippen LogP) is 3.37. The summed E-state index contributed by atoms with van der Waals surface area (Å²) in [6, 6.07) is 11.6. The van der Waals surface area contributed by atoms with Crippen molar-refractivity contribution in [2.24, 2.45) is 0 Å². The number of halogens is 1. The Balaban J connectivity index is 1.95. The number of likely N-dealkylation sites (N-methyl/N-ethyl adjacent to an activating group) is 2. The molecule has 0 aliphatic carbocycles. The first kappa shape index (κ1) is 20.6. The van der Waals surface area contributed by atoms with Crippen LogP contribution >= 0.6 is 0 Å². The first-order valence-electron chi connectivity index (χ1n) is 8.92. The van der Waals surface area contributed by atoms with Crippen LogP contribution in [-0.4, -0.2) is 43.4 Å². The molecule has 6 heteroatoms. The molecule has 0 aromatic heterocycles. The second-order valence-electron chi connectivity index (χ2n) is 6.60. The van der Waals surface area contributed by atoms with E-state index in [2.05, 4.69) is 5.32 Å². The summed E-state index contributed by atoms with van der Waals surface area (Å²) in [5.41, 5.74) is 3.44. The van der Waals surface area contributed by atoms with Crippen molar-refractivity contribution in [1.82, 2.24) is 4.90 Å². The summed E-state index contributed by atoms with van der Waals surface area (Å²) in [5, 5.41) is 2.92. The summed E-state index contributed by atoms with van der Waals surface area (Å²) >= 11 is 0. The van der Waals surface area contributed by atoms with Crippen LogP contribution in [0.1, 0.15) is 18.1 Å². The van der Waals surface area contributed by atoms with Gasteiger partial charge in [0.25, 0.3) is 0 Å². The Morgan fingerprint density at radius 3 is 2.15 bits per heavy atom. The fraction of sp³-hybridized carbons (Fsp3) is 0.333. The normalized spacial score (nSPS) is 10.7. The average molecular weight is 371 g/mol. The van der Waals surface area contributed by atoms with Gasteiger partial charge in [-0.25, -0.2) is 4.39 Å². The molecular weight excluding hydrogens is 345 g/mol. The monoisotopic (exact) mass is 371 g/mol. The minimum absolute atomic E-state index is 0.0887. The van der Waals surface area contributed by atoms with Crippen LogP contribution in [0.15, 0.2) is 42.5 Å². The minimum Gasteiger partial charge on any atom is -0.324 e. The van der Waals surface area contributed by atoms with E-state index in [1.807, 2.05) is 39.0 Å². The SMILES string of the molecule is CCN(C(=O)CN(C)CC(=O)Nc1c(C)cccc1C)c1ccc(F)cc1. The Labute approximate surface area is 159 Å². The number of nitrogens with one attached hydrogen (secondary N) is 1. The number of carbonyl (C=O) groups excluding carboxylic acids is 2. The van der Waals surface area contributed by atoms with Crippen molar-refractivity contribution in [3.8, 4) is 0 Å². The number of carbonyl (C=O) groups is 2. The quantitative estimate of drug-likeness (QED) is 0.812. The van der Waals surface area contributed by atoms with Crippen molar-refractivity contribution in [2.75, 3.05) is 36.9 Å². The highest BCUT2D eigenvalue weighted by Crippen LogP contribution is 2.19. The van der Waals surface area contributed by atoms with Crippen molar-refractivity contribution in [3.63, 3.8) is 0 Å². The van der Waals surface area contributed by atoms with Crippen molar-refractivity contribution in [3.05, 3.63) is 59.4 Å². The van der Waals surface area contributed by atoms with Crippen LogP contribution in [0.2, 0.25) is 0 Å². The second-order valence-corrected chi connectivity index (χ2v) is 6.60. The first-order chi connectivity index (χ1) is 12.8. The fourth-order valence-corrected chi connectivity index (χ4v) is 2.93. The van der Waals surface area contributed by atoms with E-state index in [0.717, 1.165) is 16.8 Å². The predicted molar refractivity (Wildman–Crippen MR) is 106 cm³/mol. The maximum atomic E-state index is 13.1. The van der Waals surface area contributed by atoms with E-state index >= 15 is 0 Å². The van der Waals surface area contributed by atoms with E-state index in [4.69, 9.17) is 0 Å². The highest BCUT2D eigenvalue weighted by atomic mass is 19.1. The number of rotatable bonds is 7. The number of anilines is 2. The van der Waals surface area contributed by atoms with Gasteiger partial charge in [-0.2, -0.15) is 0 Å². The number of nitrogens with zero attached hydrogens (tertiary/aromatic N) is 2. The summed E-state index contributed by atoms with van der Waals surface area (Å²) < 4.78 is 13.1. The molecular formula is C21H26FN3O2. The zero-order valence-corrected chi connectivity index (χ0v) is 16.3. The molecule has 0 atom stereocenters. The molecule has 0 bridgehead atoms. The smallest absolute Gasteiger partial charge is 0.241 e. The zero-order chi connectivity index (χ0) is 20.0. The Morgan fingerprint density at radius 1 is 1.00 bits per heavy atom. The Hall–Kier alpha value is -2.73. The molecule has 27 heavy (non-hydrogen) atoms. The topological polar surface area (TPSA) is 52.7 Å². The Bertz CT molecular complexity index is 785. The Morgan fingerprint density at radius 2 is 1.59 bits per heavy atom. The molecule has 0 heterocycles. The molecule has 2 aromatic carbocycles. The standard InChI is InChI=1S/C21H26FN3O2/c1-5-25(18-11-9-17(22)10-12-18)20(27)14-24(4)13-19(26)23-21-15(2)7-6-8-16(21)3/h6-12H,5,13-14H2,1-4H3,(H,23,26). The van der Waals surface area contributed by atoms with Crippen molar-refractivity contribution in [1.29, 1.82) is 0 Å². The van der Waals surface area contributed by atoms with Gasteiger partial charge in [-0.15, -0.1) is 0 Å². The maximum absolute atomic E-state index is 13.1. The van der Waals surface area contributed by atoms with Crippen LogP contribution < -0.4 is 10.2 Å². The Kier molecular flexibility index (Phi) is 7.07. The molecule has 0 aliphatic heterocycles. The van der Waals surface area contributed by atoms with Crippen LogP contribution in [0.3, 0.4) is 0 Å². The lowest BCUT2D eigenvalue weighted by atomic mass is 10.1. The van der Waals surface area contributed by atoms with Gasteiger partial charge in [0.15, 0.2) is 0 Å². The third-order valence-corrected chi connectivity index (χ3v) is 4.32. The van der Waals surface area contributed by atoms with Gasteiger partial charge in [-0.3, -0.25) is 14.5 Å². The van der Waals surface area contributed by atoms with Gasteiger partial charge in [0.2, 0.25) is 11.8 Å². The van der Waals surface area contributed by atoms with Gasteiger partial charge in [-0.1, -0.05) is 18.2 Å². The molecule has 144 valence electrons.